The van der Waals surface area contributed by atoms with E-state index >= 15 is 0 Å². The van der Waals surface area contributed by atoms with E-state index in [0.29, 0.717) is 18.9 Å². The fourth-order valence-electron chi connectivity index (χ4n) is 4.63. The molecule has 3 aromatic carbocycles. The van der Waals surface area contributed by atoms with Crippen LogP contribution in [-0.2, 0) is 22.6 Å². The van der Waals surface area contributed by atoms with E-state index in [9.17, 15) is 4.79 Å². The zero-order valence-corrected chi connectivity index (χ0v) is 20.6. The molecule has 0 radical (unpaired) electrons. The van der Waals surface area contributed by atoms with E-state index in [1.165, 1.54) is 29.7 Å². The number of carbonyl (C=O) groups excluding carboxylic acids is 1. The van der Waals surface area contributed by atoms with Gasteiger partial charge in [0.05, 0.1) is 6.61 Å². The molecule has 5 rings (SSSR count). The highest BCUT2D eigenvalue weighted by Crippen LogP contribution is 2.33. The summed E-state index contributed by atoms with van der Waals surface area (Å²) >= 11 is 0. The molecule has 1 heterocycles. The van der Waals surface area contributed by atoms with E-state index in [1.54, 1.807) is 0 Å². The SMILES string of the molecule is CC(CC(=O)OCc1ccccc1)Cc1ccc(C2CN(c3ccc(OCC4CC4)cc3)C2)cc1. The number of esters is 1. The minimum Gasteiger partial charge on any atom is -0.493 e. The predicted molar refractivity (Wildman–Crippen MR) is 140 cm³/mol. The van der Waals surface area contributed by atoms with Gasteiger partial charge in [0.1, 0.15) is 12.4 Å². The maximum atomic E-state index is 12.2. The number of carbonyl (C=O) groups is 1. The number of hydrogen-bond donors (Lipinski definition) is 0. The number of anilines is 1. The van der Waals surface area contributed by atoms with Gasteiger partial charge >= 0.3 is 5.97 Å². The van der Waals surface area contributed by atoms with Gasteiger partial charge < -0.3 is 14.4 Å². The molecule has 0 bridgehead atoms. The largest absolute Gasteiger partial charge is 0.493 e. The highest BCUT2D eigenvalue weighted by Gasteiger charge is 2.28. The summed E-state index contributed by atoms with van der Waals surface area (Å²) in [5.41, 5.74) is 4.96. The molecular formula is C31H35NO3. The first-order valence-corrected chi connectivity index (χ1v) is 12.9. The first kappa shape index (κ1) is 23.5. The molecule has 0 N–H and O–H groups in total. The quantitative estimate of drug-likeness (QED) is 0.305. The average Bonchev–Trinajstić information content (AvgIpc) is 3.68. The van der Waals surface area contributed by atoms with Crippen molar-refractivity contribution in [2.24, 2.45) is 11.8 Å². The van der Waals surface area contributed by atoms with Crippen molar-refractivity contribution < 1.29 is 14.3 Å². The van der Waals surface area contributed by atoms with Gasteiger partial charge in [0.25, 0.3) is 0 Å². The van der Waals surface area contributed by atoms with Gasteiger partial charge in [-0.2, -0.15) is 0 Å². The minimum atomic E-state index is -0.130. The lowest BCUT2D eigenvalue weighted by Gasteiger charge is -2.41. The molecule has 1 aliphatic carbocycles. The summed E-state index contributed by atoms with van der Waals surface area (Å²) in [5, 5.41) is 0. The minimum absolute atomic E-state index is 0.130. The summed E-state index contributed by atoms with van der Waals surface area (Å²) in [4.78, 5) is 14.6. The Morgan fingerprint density at radius 2 is 1.63 bits per heavy atom. The first-order chi connectivity index (χ1) is 17.1. The Labute approximate surface area is 208 Å². The lowest BCUT2D eigenvalue weighted by molar-refractivity contribution is -0.145. The second kappa shape index (κ2) is 11.0. The summed E-state index contributed by atoms with van der Waals surface area (Å²) in [6.07, 6.45) is 3.96. The van der Waals surface area contributed by atoms with Crippen LogP contribution in [0.5, 0.6) is 5.75 Å². The van der Waals surface area contributed by atoms with Crippen molar-refractivity contribution in [2.45, 2.75) is 45.1 Å². The molecule has 2 fully saturated rings. The van der Waals surface area contributed by atoms with Gasteiger partial charge in [-0.05, 0) is 72.1 Å². The summed E-state index contributed by atoms with van der Waals surface area (Å²) in [5.74, 6) is 2.45. The van der Waals surface area contributed by atoms with Crippen LogP contribution in [-0.4, -0.2) is 25.7 Å². The molecule has 1 aliphatic heterocycles. The second-order valence-electron chi connectivity index (χ2n) is 10.3. The van der Waals surface area contributed by atoms with Crippen molar-refractivity contribution in [1.29, 1.82) is 0 Å². The molecule has 1 saturated carbocycles. The van der Waals surface area contributed by atoms with Gasteiger partial charge in [-0.1, -0.05) is 61.5 Å². The van der Waals surface area contributed by atoms with Crippen LogP contribution in [0.25, 0.3) is 0 Å². The van der Waals surface area contributed by atoms with Crippen molar-refractivity contribution in [1.82, 2.24) is 0 Å². The van der Waals surface area contributed by atoms with E-state index in [2.05, 4.69) is 60.4 Å². The maximum Gasteiger partial charge on any atom is 0.306 e. The van der Waals surface area contributed by atoms with Gasteiger partial charge in [0.2, 0.25) is 0 Å². The van der Waals surface area contributed by atoms with Crippen molar-refractivity contribution in [3.05, 3.63) is 95.6 Å². The Morgan fingerprint density at radius 3 is 2.31 bits per heavy atom. The fourth-order valence-corrected chi connectivity index (χ4v) is 4.63. The number of nitrogens with zero attached hydrogens (tertiary/aromatic N) is 1. The Bertz CT molecular complexity index is 1080. The predicted octanol–water partition coefficient (Wildman–Crippen LogP) is 6.39. The smallest absolute Gasteiger partial charge is 0.306 e. The van der Waals surface area contributed by atoms with Crippen LogP contribution in [0.2, 0.25) is 0 Å². The van der Waals surface area contributed by atoms with E-state index in [-0.39, 0.29) is 11.9 Å². The highest BCUT2D eigenvalue weighted by atomic mass is 16.5. The molecule has 0 amide bonds. The third kappa shape index (κ3) is 6.66. The van der Waals surface area contributed by atoms with Crippen LogP contribution in [0.15, 0.2) is 78.9 Å². The standard InChI is InChI=1S/C31H35NO3/c1-23(18-31(33)35-22-25-5-3-2-4-6-25)17-24-9-11-27(12-10-24)28-19-32(20-28)29-13-15-30(16-14-29)34-21-26-7-8-26/h2-6,9-16,23,26,28H,7-8,17-22H2,1H3. The number of ether oxygens (including phenoxy) is 2. The number of benzene rings is 3. The van der Waals surface area contributed by atoms with Gasteiger partial charge in [-0.3, -0.25) is 4.79 Å². The molecule has 1 atom stereocenters. The van der Waals surface area contributed by atoms with E-state index in [4.69, 9.17) is 9.47 Å². The van der Waals surface area contributed by atoms with Crippen molar-refractivity contribution in [3.8, 4) is 5.75 Å². The van der Waals surface area contributed by atoms with E-state index in [0.717, 1.165) is 43.3 Å². The number of rotatable bonds is 11. The van der Waals surface area contributed by atoms with Crippen molar-refractivity contribution in [3.63, 3.8) is 0 Å². The topological polar surface area (TPSA) is 38.8 Å². The second-order valence-corrected chi connectivity index (χ2v) is 10.3. The lowest BCUT2D eigenvalue weighted by atomic mass is 9.89. The molecule has 0 aromatic heterocycles. The third-order valence-electron chi connectivity index (χ3n) is 7.06. The molecule has 4 heteroatoms. The molecule has 2 aliphatic rings. The van der Waals surface area contributed by atoms with Crippen molar-refractivity contribution >= 4 is 11.7 Å². The summed E-state index contributed by atoms with van der Waals surface area (Å²) in [6, 6.07) is 27.3. The lowest BCUT2D eigenvalue weighted by Crippen LogP contribution is -2.45. The van der Waals surface area contributed by atoms with E-state index in [1.807, 2.05) is 30.3 Å². The molecule has 4 nitrogen and oxygen atoms in total. The Balaban J connectivity index is 1.03. The molecular weight excluding hydrogens is 434 g/mol. The molecule has 1 unspecified atom stereocenters. The van der Waals surface area contributed by atoms with Crippen LogP contribution in [0.1, 0.15) is 48.8 Å². The molecule has 0 spiro atoms. The monoisotopic (exact) mass is 469 g/mol. The Hall–Kier alpha value is -3.27. The fraction of sp³-hybridized carbons (Fsp3) is 0.387. The van der Waals surface area contributed by atoms with Gasteiger partial charge in [-0.25, -0.2) is 0 Å². The Kier molecular flexibility index (Phi) is 7.37. The normalized spacial score (nSPS) is 16.4. The first-order valence-electron chi connectivity index (χ1n) is 12.9. The van der Waals surface area contributed by atoms with Crippen LogP contribution < -0.4 is 9.64 Å². The summed E-state index contributed by atoms with van der Waals surface area (Å²) in [7, 11) is 0. The summed E-state index contributed by atoms with van der Waals surface area (Å²) < 4.78 is 11.3. The van der Waals surface area contributed by atoms with Crippen LogP contribution in [0.4, 0.5) is 5.69 Å². The zero-order chi connectivity index (χ0) is 24.0. The van der Waals surface area contributed by atoms with Crippen LogP contribution in [0, 0.1) is 11.8 Å². The molecule has 1 saturated heterocycles. The van der Waals surface area contributed by atoms with Gasteiger partial charge in [0, 0.05) is 31.1 Å². The number of hydrogen-bond acceptors (Lipinski definition) is 4. The maximum absolute atomic E-state index is 12.2. The Morgan fingerprint density at radius 1 is 0.914 bits per heavy atom. The van der Waals surface area contributed by atoms with Crippen LogP contribution >= 0.6 is 0 Å². The molecule has 182 valence electrons. The molecule has 3 aromatic rings. The summed E-state index contributed by atoms with van der Waals surface area (Å²) in [6.45, 7) is 5.41. The average molecular weight is 470 g/mol. The molecule has 35 heavy (non-hydrogen) atoms. The van der Waals surface area contributed by atoms with E-state index < -0.39 is 0 Å². The van der Waals surface area contributed by atoms with Gasteiger partial charge in [0.15, 0.2) is 0 Å². The van der Waals surface area contributed by atoms with Gasteiger partial charge in [-0.15, -0.1) is 0 Å². The zero-order valence-electron chi connectivity index (χ0n) is 20.6. The van der Waals surface area contributed by atoms with Crippen molar-refractivity contribution in [2.75, 3.05) is 24.6 Å². The highest BCUT2D eigenvalue weighted by molar-refractivity contribution is 5.69. The van der Waals surface area contributed by atoms with Crippen LogP contribution in [0.3, 0.4) is 0 Å². The third-order valence-corrected chi connectivity index (χ3v) is 7.06.